The number of benzene rings is 1. The van der Waals surface area contributed by atoms with Gasteiger partial charge >= 0.3 is 0 Å². The predicted octanol–water partition coefficient (Wildman–Crippen LogP) is 2.57. The summed E-state index contributed by atoms with van der Waals surface area (Å²) in [6, 6.07) is 14.6. The van der Waals surface area contributed by atoms with Crippen LogP contribution in [0, 0.1) is 18.3 Å². The van der Waals surface area contributed by atoms with E-state index in [2.05, 4.69) is 21.1 Å². The number of rotatable bonds is 5. The molecule has 4 rings (SSSR count). The molecular formula is C24H24N7O2+. The van der Waals surface area contributed by atoms with Crippen LogP contribution in [0.3, 0.4) is 0 Å². The Kier molecular flexibility index (Phi) is 5.54. The number of nitrogen functional groups attached to an aromatic ring is 1. The first-order chi connectivity index (χ1) is 15.7. The predicted molar refractivity (Wildman–Crippen MR) is 121 cm³/mol. The highest BCUT2D eigenvalue weighted by Gasteiger charge is 2.30. The minimum absolute atomic E-state index is 0.114. The Bertz CT molecular complexity index is 1380. The van der Waals surface area contributed by atoms with E-state index >= 15 is 0 Å². The molecule has 9 nitrogen and oxygen atoms in total. The van der Waals surface area contributed by atoms with Crippen molar-refractivity contribution in [3.8, 4) is 28.6 Å². The molecule has 0 aliphatic rings. The van der Waals surface area contributed by atoms with E-state index in [0.29, 0.717) is 28.3 Å². The van der Waals surface area contributed by atoms with Crippen LogP contribution in [-0.2, 0) is 12.1 Å². The van der Waals surface area contributed by atoms with Crippen LogP contribution in [0.4, 0.5) is 5.95 Å². The molecule has 0 radical (unpaired) electrons. The highest BCUT2D eigenvalue weighted by Crippen LogP contribution is 2.28. The number of aromatic nitrogens is 5. The van der Waals surface area contributed by atoms with Gasteiger partial charge in [0.05, 0.1) is 29.2 Å². The van der Waals surface area contributed by atoms with Crippen molar-refractivity contribution >= 4 is 5.95 Å². The standard InChI is InChI=1S/C24H24N7O2/c1-15-16(11-25)6-4-8-19(15)21-10-20(28-23(26)29-21)17-12-27-30(13-17)14-18-7-5-9-22(31(18)33)24(2,3)32/h4-10,12-13,32-33H,14H2,1-3H3,(H2,26,28,29)/q+1. The highest BCUT2D eigenvalue weighted by atomic mass is 16.5. The Morgan fingerprint density at radius 3 is 2.61 bits per heavy atom. The highest BCUT2D eigenvalue weighted by molar-refractivity contribution is 5.72. The third-order valence-electron chi connectivity index (χ3n) is 5.40. The van der Waals surface area contributed by atoms with E-state index in [1.165, 1.54) is 0 Å². The number of nitrogens with zero attached hydrogens (tertiary/aromatic N) is 6. The molecule has 0 bridgehead atoms. The zero-order valence-corrected chi connectivity index (χ0v) is 18.6. The van der Waals surface area contributed by atoms with E-state index in [0.717, 1.165) is 21.4 Å². The SMILES string of the molecule is Cc1c(C#N)cccc1-c1cc(-c2cnn(Cc3cccc(C(C)(C)O)[n+]3O)c2)nc(N)n1. The Hall–Kier alpha value is -4.29. The molecule has 0 aliphatic carbocycles. The van der Waals surface area contributed by atoms with Crippen molar-refractivity contribution in [2.24, 2.45) is 0 Å². The Morgan fingerprint density at radius 1 is 1.15 bits per heavy atom. The van der Waals surface area contributed by atoms with Crippen molar-refractivity contribution in [2.45, 2.75) is 32.9 Å². The lowest BCUT2D eigenvalue weighted by atomic mass is 10.00. The van der Waals surface area contributed by atoms with Gasteiger partial charge in [-0.2, -0.15) is 10.4 Å². The van der Waals surface area contributed by atoms with Crippen molar-refractivity contribution in [2.75, 3.05) is 5.73 Å². The van der Waals surface area contributed by atoms with Crippen LogP contribution >= 0.6 is 0 Å². The summed E-state index contributed by atoms with van der Waals surface area (Å²) in [5.41, 5.74) is 9.84. The fraction of sp³-hybridized carbons (Fsp3) is 0.208. The smallest absolute Gasteiger partial charge is 0.265 e. The quantitative estimate of drug-likeness (QED) is 0.319. The molecule has 0 spiro atoms. The fourth-order valence-electron chi connectivity index (χ4n) is 3.66. The van der Waals surface area contributed by atoms with Crippen LogP contribution in [-0.4, -0.2) is 30.1 Å². The summed E-state index contributed by atoms with van der Waals surface area (Å²) >= 11 is 0. The minimum Gasteiger partial charge on any atom is -0.379 e. The summed E-state index contributed by atoms with van der Waals surface area (Å²) in [4.78, 5) is 8.70. The molecule has 33 heavy (non-hydrogen) atoms. The van der Waals surface area contributed by atoms with Gasteiger partial charge in [-0.05, 0) is 44.5 Å². The maximum Gasteiger partial charge on any atom is 0.265 e. The van der Waals surface area contributed by atoms with Crippen LogP contribution in [0.15, 0.2) is 54.9 Å². The van der Waals surface area contributed by atoms with Crippen molar-refractivity contribution < 1.29 is 15.0 Å². The lowest BCUT2D eigenvalue weighted by Crippen LogP contribution is -2.45. The molecular weight excluding hydrogens is 418 g/mol. The Labute approximate surface area is 191 Å². The van der Waals surface area contributed by atoms with Crippen molar-refractivity contribution in [1.29, 1.82) is 5.26 Å². The van der Waals surface area contributed by atoms with Crippen LogP contribution in [0.25, 0.3) is 22.5 Å². The van der Waals surface area contributed by atoms with Gasteiger partial charge in [0.15, 0.2) is 0 Å². The summed E-state index contributed by atoms with van der Waals surface area (Å²) in [6.45, 7) is 5.36. The summed E-state index contributed by atoms with van der Waals surface area (Å²) in [6.07, 6.45) is 3.45. The first-order valence-electron chi connectivity index (χ1n) is 10.3. The summed E-state index contributed by atoms with van der Waals surface area (Å²) in [5.74, 6) is 0.114. The molecule has 3 heterocycles. The third kappa shape index (κ3) is 4.37. The molecule has 0 fully saturated rings. The van der Waals surface area contributed by atoms with Crippen LogP contribution in [0.5, 0.6) is 0 Å². The lowest BCUT2D eigenvalue weighted by molar-refractivity contribution is -0.917. The zero-order valence-electron chi connectivity index (χ0n) is 18.6. The second-order valence-electron chi connectivity index (χ2n) is 8.29. The van der Waals surface area contributed by atoms with Crippen molar-refractivity contribution in [1.82, 2.24) is 19.7 Å². The Balaban J connectivity index is 1.68. The summed E-state index contributed by atoms with van der Waals surface area (Å²) in [5, 5.41) is 34.5. The van der Waals surface area contributed by atoms with Crippen LogP contribution < -0.4 is 10.5 Å². The number of nitrogens with two attached hydrogens (primary N) is 1. The second kappa shape index (κ2) is 8.33. The van der Waals surface area contributed by atoms with Gasteiger partial charge in [-0.15, -0.1) is 0 Å². The first kappa shape index (κ1) is 21.9. The molecule has 166 valence electrons. The molecule has 4 N–H and O–H groups in total. The average molecular weight is 443 g/mol. The first-order valence-corrected chi connectivity index (χ1v) is 10.3. The number of hydrogen-bond acceptors (Lipinski definition) is 7. The largest absolute Gasteiger partial charge is 0.379 e. The zero-order chi connectivity index (χ0) is 23.8. The monoisotopic (exact) mass is 442 g/mol. The third-order valence-corrected chi connectivity index (χ3v) is 5.40. The molecule has 1 aromatic carbocycles. The van der Waals surface area contributed by atoms with Crippen LogP contribution in [0.2, 0.25) is 0 Å². The van der Waals surface area contributed by atoms with E-state index in [-0.39, 0.29) is 12.5 Å². The van der Waals surface area contributed by atoms with E-state index in [1.807, 2.05) is 25.1 Å². The molecule has 0 saturated carbocycles. The topological polar surface area (TPSA) is 138 Å². The van der Waals surface area contributed by atoms with E-state index in [1.54, 1.807) is 55.2 Å². The maximum atomic E-state index is 10.5. The molecule has 0 saturated heterocycles. The fourth-order valence-corrected chi connectivity index (χ4v) is 3.66. The van der Waals surface area contributed by atoms with Gasteiger partial charge < -0.3 is 10.8 Å². The van der Waals surface area contributed by atoms with Crippen LogP contribution in [0.1, 0.15) is 36.4 Å². The van der Waals surface area contributed by atoms with Gasteiger partial charge in [0, 0.05) is 34.2 Å². The molecule has 0 unspecified atom stereocenters. The molecule has 0 aliphatic heterocycles. The second-order valence-corrected chi connectivity index (χ2v) is 8.29. The van der Waals surface area contributed by atoms with Gasteiger partial charge in [0.1, 0.15) is 12.1 Å². The van der Waals surface area contributed by atoms with Crippen molar-refractivity contribution in [3.63, 3.8) is 0 Å². The Morgan fingerprint density at radius 2 is 1.88 bits per heavy atom. The molecule has 0 amide bonds. The number of aliphatic hydroxyl groups is 1. The lowest BCUT2D eigenvalue weighted by Gasteiger charge is -2.13. The number of anilines is 1. The number of nitriles is 1. The van der Waals surface area contributed by atoms with E-state index < -0.39 is 5.60 Å². The van der Waals surface area contributed by atoms with Gasteiger partial charge in [0.25, 0.3) is 11.4 Å². The number of pyridine rings is 1. The van der Waals surface area contributed by atoms with Gasteiger partial charge in [-0.1, -0.05) is 12.1 Å². The average Bonchev–Trinajstić information content (AvgIpc) is 3.23. The normalized spacial score (nSPS) is 11.4. The molecule has 3 aromatic heterocycles. The molecule has 0 atom stereocenters. The van der Waals surface area contributed by atoms with Gasteiger partial charge in [-0.25, -0.2) is 9.97 Å². The molecule has 4 aromatic rings. The summed E-state index contributed by atoms with van der Waals surface area (Å²) < 4.78 is 2.64. The van der Waals surface area contributed by atoms with Gasteiger partial charge in [-0.3, -0.25) is 9.89 Å². The molecule has 9 heteroatoms. The number of hydrogen-bond donors (Lipinski definition) is 3. The maximum absolute atomic E-state index is 10.5. The minimum atomic E-state index is -1.20. The van der Waals surface area contributed by atoms with Gasteiger partial charge in [0.2, 0.25) is 5.95 Å². The van der Waals surface area contributed by atoms with E-state index in [4.69, 9.17) is 5.73 Å². The van der Waals surface area contributed by atoms with E-state index in [9.17, 15) is 15.6 Å². The summed E-state index contributed by atoms with van der Waals surface area (Å²) in [7, 11) is 0. The van der Waals surface area contributed by atoms with Crippen molar-refractivity contribution in [3.05, 3.63) is 77.4 Å².